The van der Waals surface area contributed by atoms with Crippen molar-refractivity contribution in [3.05, 3.63) is 59.7 Å². The minimum absolute atomic E-state index is 0.187. The zero-order valence-electron chi connectivity index (χ0n) is 18.2. The number of alkyl carbamates (subject to hydrolysis) is 1. The van der Waals surface area contributed by atoms with Crippen molar-refractivity contribution in [2.75, 3.05) is 32.8 Å². The van der Waals surface area contributed by atoms with Gasteiger partial charge in [-0.3, -0.25) is 4.90 Å². The van der Waals surface area contributed by atoms with E-state index in [1.165, 1.54) is 19.3 Å². The van der Waals surface area contributed by atoms with Crippen LogP contribution in [0.25, 0.3) is 0 Å². The zero-order chi connectivity index (χ0) is 22.0. The SMILES string of the molecule is O=C(N[C@H](CN1CC2(CCC2)C1)[C@H](O)c1ccc2c(c1)OCCO2)OCc1ccccc1. The monoisotopic (exact) mass is 438 g/mol. The van der Waals surface area contributed by atoms with Crippen LogP contribution in [0.2, 0.25) is 0 Å². The first-order valence-corrected chi connectivity index (χ1v) is 11.4. The highest BCUT2D eigenvalue weighted by atomic mass is 16.6. The molecule has 0 aromatic heterocycles. The van der Waals surface area contributed by atoms with Gasteiger partial charge in [0, 0.05) is 19.6 Å². The molecule has 2 heterocycles. The van der Waals surface area contributed by atoms with Crippen LogP contribution >= 0.6 is 0 Å². The average molecular weight is 439 g/mol. The largest absolute Gasteiger partial charge is 0.486 e. The van der Waals surface area contributed by atoms with Crippen LogP contribution < -0.4 is 14.8 Å². The molecule has 1 amide bonds. The number of benzene rings is 2. The van der Waals surface area contributed by atoms with Crippen LogP contribution in [0.5, 0.6) is 11.5 Å². The number of aliphatic hydroxyl groups excluding tert-OH is 1. The molecule has 3 aliphatic rings. The third-order valence-corrected chi connectivity index (χ3v) is 6.79. The maximum atomic E-state index is 12.6. The van der Waals surface area contributed by atoms with Gasteiger partial charge in [0.25, 0.3) is 0 Å². The van der Waals surface area contributed by atoms with Gasteiger partial charge in [-0.2, -0.15) is 0 Å². The fourth-order valence-corrected chi connectivity index (χ4v) is 4.92. The van der Waals surface area contributed by atoms with E-state index >= 15 is 0 Å². The van der Waals surface area contributed by atoms with Crippen molar-refractivity contribution in [1.82, 2.24) is 10.2 Å². The Kier molecular flexibility index (Phi) is 5.93. The van der Waals surface area contributed by atoms with Crippen molar-refractivity contribution >= 4 is 6.09 Å². The number of fused-ring (bicyclic) bond motifs is 1. The highest BCUT2D eigenvalue weighted by Gasteiger charge is 2.47. The Hall–Kier alpha value is -2.77. The summed E-state index contributed by atoms with van der Waals surface area (Å²) in [4.78, 5) is 14.9. The van der Waals surface area contributed by atoms with Crippen molar-refractivity contribution in [2.45, 2.75) is 38.0 Å². The lowest BCUT2D eigenvalue weighted by Crippen LogP contribution is -2.62. The van der Waals surface area contributed by atoms with Gasteiger partial charge in [0.1, 0.15) is 25.9 Å². The lowest BCUT2D eigenvalue weighted by molar-refractivity contribution is -0.0700. The molecule has 32 heavy (non-hydrogen) atoms. The summed E-state index contributed by atoms with van der Waals surface area (Å²) >= 11 is 0. The molecular weight excluding hydrogens is 408 g/mol. The van der Waals surface area contributed by atoms with Gasteiger partial charge in [-0.15, -0.1) is 0 Å². The Morgan fingerprint density at radius 1 is 1.09 bits per heavy atom. The quantitative estimate of drug-likeness (QED) is 0.691. The predicted octanol–water partition coefficient (Wildman–Crippen LogP) is 3.27. The topological polar surface area (TPSA) is 80.3 Å². The van der Waals surface area contributed by atoms with Crippen molar-refractivity contribution in [3.63, 3.8) is 0 Å². The van der Waals surface area contributed by atoms with Gasteiger partial charge in [0.15, 0.2) is 11.5 Å². The molecule has 7 heteroatoms. The molecule has 5 rings (SSSR count). The predicted molar refractivity (Wildman–Crippen MR) is 119 cm³/mol. The van der Waals surface area contributed by atoms with Crippen molar-refractivity contribution in [3.8, 4) is 11.5 Å². The third-order valence-electron chi connectivity index (χ3n) is 6.79. The number of carbonyl (C=O) groups is 1. The lowest BCUT2D eigenvalue weighted by atomic mass is 9.63. The maximum Gasteiger partial charge on any atom is 0.407 e. The van der Waals surface area contributed by atoms with Crippen molar-refractivity contribution < 1.29 is 24.1 Å². The molecular formula is C25H30N2O5. The molecule has 1 aliphatic carbocycles. The van der Waals surface area contributed by atoms with Crippen LogP contribution in [-0.4, -0.2) is 55.0 Å². The summed E-state index contributed by atoms with van der Waals surface area (Å²) < 4.78 is 16.7. The molecule has 2 atom stereocenters. The molecule has 0 unspecified atom stereocenters. The number of rotatable bonds is 7. The van der Waals surface area contributed by atoms with E-state index in [0.717, 1.165) is 18.7 Å². The second kappa shape index (κ2) is 9.00. The summed E-state index contributed by atoms with van der Waals surface area (Å²) in [5.41, 5.74) is 2.07. The molecule has 7 nitrogen and oxygen atoms in total. The molecule has 170 valence electrons. The summed E-state index contributed by atoms with van der Waals surface area (Å²) in [7, 11) is 0. The summed E-state index contributed by atoms with van der Waals surface area (Å²) in [6.45, 7) is 3.80. The Morgan fingerprint density at radius 2 is 1.84 bits per heavy atom. The first-order chi connectivity index (χ1) is 15.6. The van der Waals surface area contributed by atoms with Crippen LogP contribution in [0.3, 0.4) is 0 Å². The third kappa shape index (κ3) is 4.54. The Morgan fingerprint density at radius 3 is 2.56 bits per heavy atom. The molecule has 0 bridgehead atoms. The number of nitrogens with zero attached hydrogens (tertiary/aromatic N) is 1. The van der Waals surface area contributed by atoms with Crippen molar-refractivity contribution in [1.29, 1.82) is 0 Å². The minimum atomic E-state index is -0.895. The number of likely N-dealkylation sites (tertiary alicyclic amines) is 1. The van der Waals surface area contributed by atoms with Gasteiger partial charge < -0.3 is 24.6 Å². The molecule has 2 aliphatic heterocycles. The Balaban J connectivity index is 1.25. The molecule has 2 aromatic carbocycles. The first-order valence-electron chi connectivity index (χ1n) is 11.4. The van der Waals surface area contributed by atoms with Crippen LogP contribution in [0.1, 0.15) is 36.5 Å². The summed E-state index contributed by atoms with van der Waals surface area (Å²) in [5, 5.41) is 14.1. The van der Waals surface area contributed by atoms with E-state index < -0.39 is 18.2 Å². The molecule has 2 fully saturated rings. The van der Waals surface area contributed by atoms with Crippen molar-refractivity contribution in [2.24, 2.45) is 5.41 Å². The lowest BCUT2D eigenvalue weighted by Gasteiger charge is -2.56. The van der Waals surface area contributed by atoms with E-state index in [2.05, 4.69) is 10.2 Å². The second-order valence-corrected chi connectivity index (χ2v) is 9.18. The van der Waals surface area contributed by atoms with Crippen LogP contribution in [0, 0.1) is 5.41 Å². The summed E-state index contributed by atoms with van der Waals surface area (Å²) in [6.07, 6.45) is 2.44. The normalized spacial score (nSPS) is 20.5. The molecule has 2 aromatic rings. The first kappa shape index (κ1) is 21.1. The molecule has 1 saturated heterocycles. The van der Waals surface area contributed by atoms with Gasteiger partial charge in [-0.25, -0.2) is 4.79 Å². The van der Waals surface area contributed by atoms with Gasteiger partial charge in [-0.1, -0.05) is 42.8 Å². The van der Waals surface area contributed by atoms with Crippen LogP contribution in [-0.2, 0) is 11.3 Å². The van der Waals surface area contributed by atoms with E-state index in [9.17, 15) is 9.90 Å². The summed E-state index contributed by atoms with van der Waals surface area (Å²) in [6, 6.07) is 14.5. The van der Waals surface area contributed by atoms with Gasteiger partial charge >= 0.3 is 6.09 Å². The fraction of sp³-hybridized carbons (Fsp3) is 0.480. The number of ether oxygens (including phenoxy) is 3. The molecule has 0 radical (unpaired) electrons. The molecule has 2 N–H and O–H groups in total. The van der Waals surface area contributed by atoms with E-state index in [-0.39, 0.29) is 6.61 Å². The number of hydrogen-bond donors (Lipinski definition) is 2. The maximum absolute atomic E-state index is 12.6. The van der Waals surface area contributed by atoms with E-state index in [1.54, 1.807) is 6.07 Å². The van der Waals surface area contributed by atoms with E-state index in [4.69, 9.17) is 14.2 Å². The van der Waals surface area contributed by atoms with Crippen LogP contribution in [0.15, 0.2) is 48.5 Å². The Bertz CT molecular complexity index is 939. The second-order valence-electron chi connectivity index (χ2n) is 9.18. The fourth-order valence-electron chi connectivity index (χ4n) is 4.92. The standard InChI is InChI=1S/C25H30N2O5/c28-23(19-7-8-21-22(13-19)31-12-11-30-21)20(14-27-16-25(17-27)9-4-10-25)26-24(29)32-15-18-5-2-1-3-6-18/h1-3,5-8,13,20,23,28H,4,9-12,14-17H2,(H,26,29)/t20-,23-/m1/s1. The summed E-state index contributed by atoms with van der Waals surface area (Å²) in [5.74, 6) is 1.30. The molecule has 1 saturated carbocycles. The zero-order valence-corrected chi connectivity index (χ0v) is 18.2. The highest BCUT2D eigenvalue weighted by Crippen LogP contribution is 2.48. The number of aliphatic hydroxyl groups is 1. The average Bonchev–Trinajstić information content (AvgIpc) is 2.77. The minimum Gasteiger partial charge on any atom is -0.486 e. The number of hydrogen-bond acceptors (Lipinski definition) is 6. The number of carbonyl (C=O) groups excluding carboxylic acids is 1. The van der Waals surface area contributed by atoms with E-state index in [0.29, 0.717) is 42.2 Å². The van der Waals surface area contributed by atoms with Gasteiger partial charge in [0.2, 0.25) is 0 Å². The van der Waals surface area contributed by atoms with E-state index in [1.807, 2.05) is 42.5 Å². The molecule has 1 spiro atoms. The Labute approximate surface area is 188 Å². The number of amides is 1. The smallest absolute Gasteiger partial charge is 0.407 e. The van der Waals surface area contributed by atoms with Gasteiger partial charge in [0.05, 0.1) is 6.04 Å². The van der Waals surface area contributed by atoms with Gasteiger partial charge in [-0.05, 0) is 41.5 Å². The van der Waals surface area contributed by atoms with Crippen LogP contribution in [0.4, 0.5) is 4.79 Å². The highest BCUT2D eigenvalue weighted by molar-refractivity contribution is 5.67. The number of nitrogens with one attached hydrogen (secondary N) is 1.